The smallest absolute Gasteiger partial charge is 0.158 e. The van der Waals surface area contributed by atoms with Crippen molar-refractivity contribution in [2.24, 2.45) is 0 Å². The lowest BCUT2D eigenvalue weighted by molar-refractivity contribution is -0.00000687. The summed E-state index contributed by atoms with van der Waals surface area (Å²) in [5.41, 5.74) is 8.11. The summed E-state index contributed by atoms with van der Waals surface area (Å²) >= 11 is 0. The van der Waals surface area contributed by atoms with Crippen molar-refractivity contribution in [3.8, 4) is 0 Å². The Morgan fingerprint density at radius 2 is 1.38 bits per heavy atom. The quantitative estimate of drug-likeness (QED) is 0.421. The number of quaternary nitrogens is 1. The molecule has 0 spiro atoms. The van der Waals surface area contributed by atoms with Crippen molar-refractivity contribution < 1.29 is 12.4 Å². The number of anilines is 3. The highest BCUT2D eigenvalue weighted by Gasteiger charge is 2.32. The molecular weight excluding hydrogens is 440 g/mol. The molecule has 0 saturated carbocycles. The molecule has 0 N–H and O–H groups in total. The number of benzene rings is 4. The first-order valence-corrected chi connectivity index (χ1v) is 11.7. The van der Waals surface area contributed by atoms with Crippen LogP contribution >= 0.6 is 0 Å². The van der Waals surface area contributed by atoms with Crippen LogP contribution in [0.1, 0.15) is 11.1 Å². The molecule has 4 aromatic carbocycles. The number of rotatable bonds is 4. The highest BCUT2D eigenvalue weighted by atomic mass is 35.5. The van der Waals surface area contributed by atoms with Gasteiger partial charge in [-0.2, -0.15) is 0 Å². The Bertz CT molecular complexity index is 1330. The van der Waals surface area contributed by atoms with E-state index in [0.717, 1.165) is 17.6 Å². The second-order valence-electron chi connectivity index (χ2n) is 10.4. The zero-order chi connectivity index (χ0) is 23.5. The van der Waals surface area contributed by atoms with Crippen molar-refractivity contribution in [3.63, 3.8) is 0 Å². The van der Waals surface area contributed by atoms with Crippen molar-refractivity contribution in [2.75, 3.05) is 70.7 Å². The van der Waals surface area contributed by atoms with E-state index < -0.39 is 0 Å². The Kier molecular flexibility index (Phi) is 6.17. The minimum Gasteiger partial charge on any atom is -1.00 e. The molecule has 0 aromatic heterocycles. The van der Waals surface area contributed by atoms with Crippen molar-refractivity contribution >= 4 is 44.3 Å². The summed E-state index contributed by atoms with van der Waals surface area (Å²) in [6, 6.07) is 22.6. The molecule has 0 aliphatic carbocycles. The SMILES string of the molecule is CN(C)c1cccc2ccc(Cc3ccc4cccc5c4c3N(C)C[N+]5(C)C)c(N(C)C)c12.[Cl-]. The van der Waals surface area contributed by atoms with E-state index in [1.165, 1.54) is 55.4 Å². The van der Waals surface area contributed by atoms with E-state index in [1.807, 2.05) is 0 Å². The van der Waals surface area contributed by atoms with E-state index in [9.17, 15) is 0 Å². The lowest BCUT2D eigenvalue weighted by atomic mass is 9.92. The molecule has 0 atom stereocenters. The molecule has 1 heterocycles. The van der Waals surface area contributed by atoms with Crippen molar-refractivity contribution in [3.05, 3.63) is 71.8 Å². The molecule has 1 aliphatic rings. The van der Waals surface area contributed by atoms with Crippen LogP contribution in [0.5, 0.6) is 0 Å². The molecule has 1 aliphatic heterocycles. The average Bonchev–Trinajstić information content (AvgIpc) is 2.76. The van der Waals surface area contributed by atoms with Crippen LogP contribution in [0.4, 0.5) is 22.7 Å². The van der Waals surface area contributed by atoms with Gasteiger partial charge in [0, 0.05) is 58.4 Å². The third-order valence-electron chi connectivity index (χ3n) is 7.07. The predicted molar refractivity (Wildman–Crippen MR) is 146 cm³/mol. The molecule has 0 radical (unpaired) electrons. The molecule has 5 rings (SSSR count). The molecule has 0 fully saturated rings. The third-order valence-corrected chi connectivity index (χ3v) is 7.07. The lowest BCUT2D eigenvalue weighted by Gasteiger charge is -2.40. The molecule has 0 bridgehead atoms. The Morgan fingerprint density at radius 3 is 2.03 bits per heavy atom. The largest absolute Gasteiger partial charge is 1.00 e. The van der Waals surface area contributed by atoms with Crippen LogP contribution in [0, 0.1) is 0 Å². The van der Waals surface area contributed by atoms with Gasteiger partial charge in [0.25, 0.3) is 0 Å². The van der Waals surface area contributed by atoms with Gasteiger partial charge in [0.15, 0.2) is 6.67 Å². The predicted octanol–water partition coefficient (Wildman–Crippen LogP) is 2.69. The van der Waals surface area contributed by atoms with Crippen molar-refractivity contribution in [1.29, 1.82) is 0 Å². The first-order chi connectivity index (χ1) is 15.7. The third kappa shape index (κ3) is 3.75. The Balaban J connectivity index is 0.00000274. The van der Waals surface area contributed by atoms with Crippen LogP contribution in [0.3, 0.4) is 0 Å². The summed E-state index contributed by atoms with van der Waals surface area (Å²) in [5.74, 6) is 0. The van der Waals surface area contributed by atoms with Gasteiger partial charge < -0.3 is 27.1 Å². The molecule has 4 aromatic rings. The molecule has 5 heteroatoms. The summed E-state index contributed by atoms with van der Waals surface area (Å²) in [6.07, 6.45) is 0.905. The summed E-state index contributed by atoms with van der Waals surface area (Å²) in [4.78, 5) is 6.96. The van der Waals surface area contributed by atoms with Gasteiger partial charge in [-0.3, -0.25) is 4.48 Å². The van der Waals surface area contributed by atoms with Crippen LogP contribution < -0.4 is 31.6 Å². The zero-order valence-corrected chi connectivity index (χ0v) is 22.1. The molecule has 0 amide bonds. The number of nitrogens with zero attached hydrogens (tertiary/aromatic N) is 4. The fourth-order valence-corrected chi connectivity index (χ4v) is 5.76. The van der Waals surface area contributed by atoms with Crippen LogP contribution in [0.25, 0.3) is 21.5 Å². The van der Waals surface area contributed by atoms with Gasteiger partial charge in [-0.1, -0.05) is 48.5 Å². The Labute approximate surface area is 210 Å². The second-order valence-corrected chi connectivity index (χ2v) is 10.4. The van der Waals surface area contributed by atoms with E-state index in [4.69, 9.17) is 0 Å². The highest BCUT2D eigenvalue weighted by Crippen LogP contribution is 2.44. The number of halogens is 1. The van der Waals surface area contributed by atoms with Gasteiger partial charge in [0.1, 0.15) is 5.69 Å². The number of fused-ring (bicyclic) bond motifs is 1. The molecule has 0 unspecified atom stereocenters. The topological polar surface area (TPSA) is 9.72 Å². The van der Waals surface area contributed by atoms with Gasteiger partial charge in [0.2, 0.25) is 0 Å². The zero-order valence-electron chi connectivity index (χ0n) is 21.4. The van der Waals surface area contributed by atoms with Gasteiger partial charge in [0.05, 0.1) is 25.2 Å². The minimum atomic E-state index is 0. The van der Waals surface area contributed by atoms with Crippen LogP contribution in [0.2, 0.25) is 0 Å². The van der Waals surface area contributed by atoms with Crippen molar-refractivity contribution in [2.45, 2.75) is 6.42 Å². The molecular formula is C29H35ClN4. The maximum absolute atomic E-state index is 2.45. The summed E-state index contributed by atoms with van der Waals surface area (Å²) in [7, 11) is 15.4. The van der Waals surface area contributed by atoms with Crippen LogP contribution in [-0.4, -0.2) is 56.0 Å². The molecule has 0 saturated heterocycles. The van der Waals surface area contributed by atoms with E-state index >= 15 is 0 Å². The Morgan fingerprint density at radius 1 is 0.765 bits per heavy atom. The summed E-state index contributed by atoms with van der Waals surface area (Å²) < 4.78 is 0.870. The maximum atomic E-state index is 2.45. The normalized spacial score (nSPS) is 14.3. The van der Waals surface area contributed by atoms with E-state index in [2.05, 4.69) is 125 Å². The average molecular weight is 475 g/mol. The number of hydrogen-bond acceptors (Lipinski definition) is 3. The lowest BCUT2D eigenvalue weighted by Crippen LogP contribution is -3.00. The standard InChI is InChI=1S/C29H35N4.ClH/c1-30(2)24-12-8-10-20-14-16-22(28(26(20)24)31(3)4)18-23-17-15-21-11-9-13-25-27(21)29(23)32(5)19-33(25,6)7;/h8-17H,18-19H2,1-7H3;1H/q+1;/p-1. The van der Waals surface area contributed by atoms with Crippen molar-refractivity contribution in [1.82, 2.24) is 4.48 Å². The highest BCUT2D eigenvalue weighted by molar-refractivity contribution is 6.07. The molecule has 178 valence electrons. The fraction of sp³-hybridized carbons (Fsp3) is 0.310. The van der Waals surface area contributed by atoms with Crippen LogP contribution in [-0.2, 0) is 6.42 Å². The van der Waals surface area contributed by atoms with Gasteiger partial charge in [-0.05, 0) is 34.0 Å². The minimum absolute atomic E-state index is 0. The first-order valence-electron chi connectivity index (χ1n) is 11.7. The van der Waals surface area contributed by atoms with E-state index in [1.54, 1.807) is 0 Å². The summed E-state index contributed by atoms with van der Waals surface area (Å²) in [5, 5.41) is 5.33. The molecule has 4 nitrogen and oxygen atoms in total. The second kappa shape index (κ2) is 8.68. The summed E-state index contributed by atoms with van der Waals surface area (Å²) in [6.45, 7) is 0.964. The van der Waals surface area contributed by atoms with Gasteiger partial charge in [-0.15, -0.1) is 0 Å². The maximum Gasteiger partial charge on any atom is 0.158 e. The fourth-order valence-electron chi connectivity index (χ4n) is 5.76. The monoisotopic (exact) mass is 474 g/mol. The van der Waals surface area contributed by atoms with E-state index in [-0.39, 0.29) is 12.4 Å². The van der Waals surface area contributed by atoms with Gasteiger partial charge >= 0.3 is 0 Å². The van der Waals surface area contributed by atoms with Gasteiger partial charge in [-0.25, -0.2) is 0 Å². The Hall–Kier alpha value is -2.95. The van der Waals surface area contributed by atoms with Crippen LogP contribution in [0.15, 0.2) is 60.7 Å². The first kappa shape index (κ1) is 24.2. The molecule has 34 heavy (non-hydrogen) atoms. The number of hydrogen-bond donors (Lipinski definition) is 0. The van der Waals surface area contributed by atoms with E-state index in [0.29, 0.717) is 0 Å².